The average molecular weight is 192 g/mol. The Balaban J connectivity index is 2.68. The molecule has 0 saturated carbocycles. The molecule has 14 heavy (non-hydrogen) atoms. The van der Waals surface area contributed by atoms with Crippen molar-refractivity contribution in [1.29, 1.82) is 0 Å². The van der Waals surface area contributed by atoms with Crippen molar-refractivity contribution in [2.45, 2.75) is 0 Å². The van der Waals surface area contributed by atoms with Crippen LogP contribution in [0.2, 0.25) is 0 Å². The number of nitrogens with two attached hydrogens (primary N) is 1. The van der Waals surface area contributed by atoms with Crippen molar-refractivity contribution in [3.63, 3.8) is 0 Å². The molecular weight excluding hydrogens is 184 g/mol. The van der Waals surface area contributed by atoms with Crippen molar-refractivity contribution < 1.29 is 9.62 Å². The molecule has 0 radical (unpaired) electrons. The van der Waals surface area contributed by atoms with Gasteiger partial charge in [0.05, 0.1) is 18.1 Å². The summed E-state index contributed by atoms with van der Waals surface area (Å²) in [5.41, 5.74) is 5.72. The van der Waals surface area contributed by atoms with Gasteiger partial charge in [0.25, 0.3) is 5.56 Å². The molecule has 0 fully saturated rings. The third kappa shape index (κ3) is 1.15. The van der Waals surface area contributed by atoms with Gasteiger partial charge in [-0.1, -0.05) is 0 Å². The first-order chi connectivity index (χ1) is 6.70. The van der Waals surface area contributed by atoms with E-state index in [2.05, 4.69) is 0 Å². The second-order valence-electron chi connectivity index (χ2n) is 2.80. The standard InChI is InChI=1S/C9H8N2O3/c10-8-2-1-7(9(12)11(8)13)6-3-4-14-5-6/h1-5,13H,10H2. The van der Waals surface area contributed by atoms with Crippen molar-refractivity contribution >= 4 is 5.82 Å². The Morgan fingerprint density at radius 1 is 1.36 bits per heavy atom. The molecular formula is C9H8N2O3. The Labute approximate surface area is 79.0 Å². The SMILES string of the molecule is Nc1ccc(-c2ccoc2)c(=O)n1O. The van der Waals surface area contributed by atoms with E-state index in [1.807, 2.05) is 0 Å². The fourth-order valence-electron chi connectivity index (χ4n) is 1.18. The zero-order chi connectivity index (χ0) is 10.1. The molecule has 0 spiro atoms. The van der Waals surface area contributed by atoms with Gasteiger partial charge in [0.2, 0.25) is 0 Å². The summed E-state index contributed by atoms with van der Waals surface area (Å²) in [6.07, 6.45) is 2.87. The Hall–Kier alpha value is -2.17. The molecule has 0 aliphatic heterocycles. The van der Waals surface area contributed by atoms with Crippen molar-refractivity contribution in [1.82, 2.24) is 4.73 Å². The van der Waals surface area contributed by atoms with E-state index in [4.69, 9.17) is 10.2 Å². The fourth-order valence-corrected chi connectivity index (χ4v) is 1.18. The smallest absolute Gasteiger partial charge is 0.292 e. The Morgan fingerprint density at radius 2 is 2.14 bits per heavy atom. The number of rotatable bonds is 1. The molecule has 72 valence electrons. The number of furan rings is 1. The summed E-state index contributed by atoms with van der Waals surface area (Å²) < 4.78 is 5.24. The molecule has 3 N–H and O–H groups in total. The molecule has 2 rings (SSSR count). The molecule has 0 aromatic carbocycles. The summed E-state index contributed by atoms with van der Waals surface area (Å²) in [6.45, 7) is 0. The van der Waals surface area contributed by atoms with Crippen molar-refractivity contribution in [2.75, 3.05) is 5.73 Å². The quantitative estimate of drug-likeness (QED) is 0.658. The maximum atomic E-state index is 11.5. The van der Waals surface area contributed by atoms with Crippen LogP contribution in [0.25, 0.3) is 11.1 Å². The van der Waals surface area contributed by atoms with E-state index in [1.54, 1.807) is 6.07 Å². The average Bonchev–Trinajstić information content (AvgIpc) is 2.67. The summed E-state index contributed by atoms with van der Waals surface area (Å²) >= 11 is 0. The van der Waals surface area contributed by atoms with Gasteiger partial charge >= 0.3 is 0 Å². The topological polar surface area (TPSA) is 81.4 Å². The minimum Gasteiger partial charge on any atom is -0.472 e. The first-order valence-electron chi connectivity index (χ1n) is 3.93. The highest BCUT2D eigenvalue weighted by atomic mass is 16.5. The van der Waals surface area contributed by atoms with Gasteiger partial charge in [-0.15, -0.1) is 4.73 Å². The van der Waals surface area contributed by atoms with Crippen LogP contribution in [-0.4, -0.2) is 9.94 Å². The van der Waals surface area contributed by atoms with Crippen molar-refractivity contribution in [3.05, 3.63) is 41.1 Å². The van der Waals surface area contributed by atoms with Crippen molar-refractivity contribution in [2.24, 2.45) is 0 Å². The first-order valence-corrected chi connectivity index (χ1v) is 3.93. The summed E-state index contributed by atoms with van der Waals surface area (Å²) in [4.78, 5) is 11.5. The molecule has 0 aliphatic carbocycles. The summed E-state index contributed by atoms with van der Waals surface area (Å²) in [7, 11) is 0. The van der Waals surface area contributed by atoms with E-state index in [0.717, 1.165) is 0 Å². The van der Waals surface area contributed by atoms with E-state index < -0.39 is 5.56 Å². The fraction of sp³-hybridized carbons (Fsp3) is 0. The summed E-state index contributed by atoms with van der Waals surface area (Å²) in [5, 5.41) is 9.23. The normalized spacial score (nSPS) is 10.3. The number of nitrogen functional groups attached to an aromatic ring is 1. The second-order valence-corrected chi connectivity index (χ2v) is 2.80. The highest BCUT2D eigenvalue weighted by Crippen LogP contribution is 2.15. The molecule has 0 unspecified atom stereocenters. The van der Waals surface area contributed by atoms with Crippen LogP contribution >= 0.6 is 0 Å². The molecule has 0 amide bonds. The van der Waals surface area contributed by atoms with Crippen molar-refractivity contribution in [3.8, 4) is 11.1 Å². The molecule has 0 aliphatic rings. The highest BCUT2D eigenvalue weighted by Gasteiger charge is 2.08. The zero-order valence-corrected chi connectivity index (χ0v) is 7.18. The Morgan fingerprint density at radius 3 is 2.79 bits per heavy atom. The highest BCUT2D eigenvalue weighted by molar-refractivity contribution is 5.61. The lowest BCUT2D eigenvalue weighted by atomic mass is 10.1. The van der Waals surface area contributed by atoms with Crippen LogP contribution in [0.5, 0.6) is 0 Å². The van der Waals surface area contributed by atoms with Gasteiger partial charge < -0.3 is 15.4 Å². The molecule has 0 bridgehead atoms. The van der Waals surface area contributed by atoms with Gasteiger partial charge in [-0.2, -0.15) is 0 Å². The molecule has 2 heterocycles. The van der Waals surface area contributed by atoms with Gasteiger partial charge in [-0.3, -0.25) is 4.79 Å². The number of hydrogen-bond donors (Lipinski definition) is 2. The maximum Gasteiger partial charge on any atom is 0.292 e. The van der Waals surface area contributed by atoms with Crippen LogP contribution in [0.1, 0.15) is 0 Å². The predicted octanol–water partition coefficient (Wildman–Crippen LogP) is 0.928. The predicted molar refractivity (Wildman–Crippen MR) is 50.0 cm³/mol. The first kappa shape index (κ1) is 8.43. The minimum absolute atomic E-state index is 0.00208. The Bertz CT molecular complexity index is 499. The van der Waals surface area contributed by atoms with Crippen LogP contribution in [0, 0.1) is 0 Å². The van der Waals surface area contributed by atoms with E-state index >= 15 is 0 Å². The number of nitrogens with zero attached hydrogens (tertiary/aromatic N) is 1. The molecule has 0 atom stereocenters. The Kier molecular flexibility index (Phi) is 1.78. The number of pyridine rings is 1. The minimum atomic E-state index is -0.564. The van der Waals surface area contributed by atoms with Crippen LogP contribution in [0.4, 0.5) is 5.82 Å². The lowest BCUT2D eigenvalue weighted by Gasteiger charge is -2.02. The van der Waals surface area contributed by atoms with Gasteiger partial charge in [0.15, 0.2) is 0 Å². The molecule has 5 heteroatoms. The van der Waals surface area contributed by atoms with Crippen LogP contribution in [0.15, 0.2) is 39.9 Å². The van der Waals surface area contributed by atoms with E-state index in [0.29, 0.717) is 15.9 Å². The third-order valence-electron chi connectivity index (χ3n) is 1.92. The van der Waals surface area contributed by atoms with Gasteiger partial charge in [0, 0.05) is 5.56 Å². The lowest BCUT2D eigenvalue weighted by molar-refractivity contribution is 0.182. The number of aromatic nitrogens is 1. The van der Waals surface area contributed by atoms with E-state index in [1.165, 1.54) is 24.7 Å². The molecule has 0 saturated heterocycles. The molecule has 5 nitrogen and oxygen atoms in total. The maximum absolute atomic E-state index is 11.5. The van der Waals surface area contributed by atoms with Crippen LogP contribution in [0.3, 0.4) is 0 Å². The summed E-state index contributed by atoms with van der Waals surface area (Å²) in [5.74, 6) is 0.00208. The van der Waals surface area contributed by atoms with Gasteiger partial charge in [-0.25, -0.2) is 0 Å². The monoisotopic (exact) mass is 192 g/mol. The number of hydrogen-bond acceptors (Lipinski definition) is 4. The van der Waals surface area contributed by atoms with Gasteiger partial charge in [-0.05, 0) is 18.2 Å². The zero-order valence-electron chi connectivity index (χ0n) is 7.18. The molecule has 2 aromatic rings. The summed E-state index contributed by atoms with van der Waals surface area (Å²) in [6, 6.07) is 4.62. The van der Waals surface area contributed by atoms with E-state index in [-0.39, 0.29) is 5.82 Å². The third-order valence-corrected chi connectivity index (χ3v) is 1.92. The van der Waals surface area contributed by atoms with Crippen LogP contribution in [-0.2, 0) is 0 Å². The lowest BCUT2D eigenvalue weighted by Crippen LogP contribution is -2.21. The van der Waals surface area contributed by atoms with E-state index in [9.17, 15) is 10.0 Å². The largest absolute Gasteiger partial charge is 0.472 e. The number of anilines is 1. The second kappa shape index (κ2) is 2.95. The van der Waals surface area contributed by atoms with Crippen LogP contribution < -0.4 is 11.3 Å². The van der Waals surface area contributed by atoms with Gasteiger partial charge in [0.1, 0.15) is 5.82 Å². The molecule has 2 aromatic heterocycles.